The van der Waals surface area contributed by atoms with Crippen molar-refractivity contribution in [1.82, 2.24) is 4.90 Å². The molecular formula is C14H30N2O. The Labute approximate surface area is 106 Å². The number of nitrogens with two attached hydrogens (primary N) is 1. The summed E-state index contributed by atoms with van der Waals surface area (Å²) in [5.74, 6) is 1.31. The van der Waals surface area contributed by atoms with Crippen LogP contribution in [-0.4, -0.2) is 41.8 Å². The van der Waals surface area contributed by atoms with E-state index in [9.17, 15) is 5.11 Å². The molecule has 3 nitrogen and oxygen atoms in total. The molecule has 0 spiro atoms. The number of hydrogen-bond acceptors (Lipinski definition) is 3. The van der Waals surface area contributed by atoms with Gasteiger partial charge >= 0.3 is 0 Å². The van der Waals surface area contributed by atoms with Gasteiger partial charge in [0.15, 0.2) is 0 Å². The second kappa shape index (κ2) is 6.72. The molecule has 0 bridgehead atoms. The minimum absolute atomic E-state index is 0.122. The first-order chi connectivity index (χ1) is 8.09. The summed E-state index contributed by atoms with van der Waals surface area (Å²) < 4.78 is 0. The molecule has 1 rings (SSSR count). The molecular weight excluding hydrogens is 212 g/mol. The lowest BCUT2D eigenvalue weighted by molar-refractivity contribution is 0.112. The molecule has 1 saturated carbocycles. The minimum atomic E-state index is -0.359. The second-order valence-corrected chi connectivity index (χ2v) is 5.68. The summed E-state index contributed by atoms with van der Waals surface area (Å²) in [4.78, 5) is 2.42. The number of nitrogens with zero attached hydrogens (tertiary/aromatic N) is 1. The van der Waals surface area contributed by atoms with E-state index in [4.69, 9.17) is 5.73 Å². The van der Waals surface area contributed by atoms with Gasteiger partial charge < -0.3 is 15.7 Å². The van der Waals surface area contributed by atoms with Crippen molar-refractivity contribution in [2.75, 3.05) is 26.2 Å². The zero-order chi connectivity index (χ0) is 12.9. The molecule has 0 aromatic heterocycles. The first-order valence-electron chi connectivity index (χ1n) is 7.21. The Morgan fingerprint density at radius 3 is 2.24 bits per heavy atom. The molecule has 0 heterocycles. The van der Waals surface area contributed by atoms with E-state index in [2.05, 4.69) is 25.7 Å². The zero-order valence-electron chi connectivity index (χ0n) is 11.8. The molecule has 17 heavy (non-hydrogen) atoms. The van der Waals surface area contributed by atoms with Gasteiger partial charge in [0, 0.05) is 13.1 Å². The highest BCUT2D eigenvalue weighted by Crippen LogP contribution is 2.38. The van der Waals surface area contributed by atoms with E-state index >= 15 is 0 Å². The van der Waals surface area contributed by atoms with Crippen LogP contribution >= 0.6 is 0 Å². The van der Waals surface area contributed by atoms with E-state index in [0.717, 1.165) is 25.6 Å². The maximum absolute atomic E-state index is 9.54. The highest BCUT2D eigenvalue weighted by molar-refractivity contribution is 5.00. The summed E-state index contributed by atoms with van der Waals surface area (Å²) in [6, 6.07) is 0. The fraction of sp³-hybridized carbons (Fsp3) is 1.00. The van der Waals surface area contributed by atoms with Crippen molar-refractivity contribution in [3.63, 3.8) is 0 Å². The normalized spacial score (nSPS) is 19.9. The van der Waals surface area contributed by atoms with Crippen LogP contribution in [0.1, 0.15) is 46.5 Å². The molecule has 3 heteroatoms. The van der Waals surface area contributed by atoms with Crippen molar-refractivity contribution in [3.8, 4) is 0 Å². The van der Waals surface area contributed by atoms with Gasteiger partial charge in [-0.1, -0.05) is 33.6 Å². The number of aliphatic hydroxyl groups is 1. The van der Waals surface area contributed by atoms with Gasteiger partial charge in [0.05, 0.1) is 12.1 Å². The largest absolute Gasteiger partial charge is 0.394 e. The summed E-state index contributed by atoms with van der Waals surface area (Å²) >= 11 is 0. The summed E-state index contributed by atoms with van der Waals surface area (Å²) in [6.45, 7) is 9.82. The van der Waals surface area contributed by atoms with E-state index in [1.165, 1.54) is 25.7 Å². The first kappa shape index (κ1) is 14.9. The lowest BCUT2D eigenvalue weighted by Crippen LogP contribution is -2.55. The van der Waals surface area contributed by atoms with Crippen LogP contribution < -0.4 is 5.73 Å². The summed E-state index contributed by atoms with van der Waals surface area (Å²) in [5, 5.41) is 9.54. The van der Waals surface area contributed by atoms with Crippen LogP contribution in [0.4, 0.5) is 0 Å². The monoisotopic (exact) mass is 242 g/mol. The number of rotatable bonds is 9. The maximum atomic E-state index is 9.54. The third-order valence-electron chi connectivity index (χ3n) is 4.32. The average molecular weight is 242 g/mol. The molecule has 3 N–H and O–H groups in total. The third kappa shape index (κ3) is 4.23. The Kier molecular flexibility index (Phi) is 5.90. The van der Waals surface area contributed by atoms with Gasteiger partial charge in [-0.05, 0) is 31.2 Å². The van der Waals surface area contributed by atoms with Crippen LogP contribution in [0.2, 0.25) is 0 Å². The number of hydrogen-bond donors (Lipinski definition) is 2. The van der Waals surface area contributed by atoms with Crippen molar-refractivity contribution >= 4 is 0 Å². The molecule has 0 saturated heterocycles. The van der Waals surface area contributed by atoms with Crippen molar-refractivity contribution in [3.05, 3.63) is 0 Å². The number of likely N-dealkylation sites (N-methyl/N-ethyl adjacent to an activating group) is 1. The zero-order valence-corrected chi connectivity index (χ0v) is 11.8. The van der Waals surface area contributed by atoms with E-state index < -0.39 is 0 Å². The predicted molar refractivity (Wildman–Crippen MR) is 72.9 cm³/mol. The van der Waals surface area contributed by atoms with E-state index in [0.29, 0.717) is 5.92 Å². The van der Waals surface area contributed by atoms with Gasteiger partial charge in [0.2, 0.25) is 0 Å². The molecule has 102 valence electrons. The molecule has 0 aromatic rings. The van der Waals surface area contributed by atoms with E-state index in [1.807, 2.05) is 0 Å². The van der Waals surface area contributed by atoms with Gasteiger partial charge in [-0.3, -0.25) is 0 Å². The fourth-order valence-corrected chi connectivity index (χ4v) is 2.60. The summed E-state index contributed by atoms with van der Waals surface area (Å²) in [5.41, 5.74) is 5.99. The summed E-state index contributed by atoms with van der Waals surface area (Å²) in [6.07, 6.45) is 4.85. The molecule has 1 atom stereocenters. The SMILES string of the molecule is CCC(CC)CN(CC)CC(N)(CO)C1CC1. The lowest BCUT2D eigenvalue weighted by Gasteiger charge is -2.35. The van der Waals surface area contributed by atoms with Crippen molar-refractivity contribution < 1.29 is 5.11 Å². The molecule has 1 unspecified atom stereocenters. The van der Waals surface area contributed by atoms with Crippen LogP contribution in [0, 0.1) is 11.8 Å². The van der Waals surface area contributed by atoms with Crippen LogP contribution in [0.25, 0.3) is 0 Å². The van der Waals surface area contributed by atoms with E-state index in [1.54, 1.807) is 0 Å². The molecule has 1 aliphatic rings. The standard InChI is InChI=1S/C14H30N2O/c1-4-12(5-2)9-16(6-3)10-14(15,11-17)13-7-8-13/h12-13,17H,4-11,15H2,1-3H3. The summed E-state index contributed by atoms with van der Waals surface area (Å²) in [7, 11) is 0. The van der Waals surface area contributed by atoms with Crippen LogP contribution in [0.3, 0.4) is 0 Å². The molecule has 1 fully saturated rings. The van der Waals surface area contributed by atoms with Crippen molar-refractivity contribution in [1.29, 1.82) is 0 Å². The maximum Gasteiger partial charge on any atom is 0.0626 e. The molecule has 0 amide bonds. The van der Waals surface area contributed by atoms with Crippen LogP contribution in [0.15, 0.2) is 0 Å². The first-order valence-corrected chi connectivity index (χ1v) is 7.21. The Balaban J connectivity index is 2.49. The number of aliphatic hydroxyl groups excluding tert-OH is 1. The Morgan fingerprint density at radius 2 is 1.88 bits per heavy atom. The Bertz CT molecular complexity index is 214. The van der Waals surface area contributed by atoms with Gasteiger partial charge in [0.25, 0.3) is 0 Å². The van der Waals surface area contributed by atoms with Gasteiger partial charge in [-0.2, -0.15) is 0 Å². The van der Waals surface area contributed by atoms with Gasteiger partial charge in [-0.25, -0.2) is 0 Å². The quantitative estimate of drug-likeness (QED) is 0.649. The topological polar surface area (TPSA) is 49.5 Å². The van der Waals surface area contributed by atoms with Crippen molar-refractivity contribution in [2.24, 2.45) is 17.6 Å². The molecule has 0 aliphatic heterocycles. The van der Waals surface area contributed by atoms with Crippen molar-refractivity contribution in [2.45, 2.75) is 52.0 Å². The Hall–Kier alpha value is -0.120. The molecule has 1 aliphatic carbocycles. The molecule has 0 radical (unpaired) electrons. The third-order valence-corrected chi connectivity index (χ3v) is 4.32. The average Bonchev–Trinajstić information content (AvgIpc) is 3.18. The highest BCUT2D eigenvalue weighted by Gasteiger charge is 2.42. The predicted octanol–water partition coefficient (Wildman–Crippen LogP) is 1.84. The minimum Gasteiger partial charge on any atom is -0.394 e. The smallest absolute Gasteiger partial charge is 0.0626 e. The van der Waals surface area contributed by atoms with Gasteiger partial charge in [0.1, 0.15) is 0 Å². The molecule has 0 aromatic carbocycles. The van der Waals surface area contributed by atoms with Gasteiger partial charge in [-0.15, -0.1) is 0 Å². The lowest BCUT2D eigenvalue weighted by atomic mass is 9.93. The van der Waals surface area contributed by atoms with Crippen LogP contribution in [-0.2, 0) is 0 Å². The highest BCUT2D eigenvalue weighted by atomic mass is 16.3. The second-order valence-electron chi connectivity index (χ2n) is 5.68. The Morgan fingerprint density at radius 1 is 1.29 bits per heavy atom. The fourth-order valence-electron chi connectivity index (χ4n) is 2.60. The van der Waals surface area contributed by atoms with E-state index in [-0.39, 0.29) is 12.1 Å². The van der Waals surface area contributed by atoms with Crippen LogP contribution in [0.5, 0.6) is 0 Å².